The summed E-state index contributed by atoms with van der Waals surface area (Å²) in [5.74, 6) is -1.69. The third-order valence-electron chi connectivity index (χ3n) is 4.79. The molecule has 0 amide bonds. The van der Waals surface area contributed by atoms with Crippen LogP contribution in [0.15, 0.2) is 15.8 Å². The van der Waals surface area contributed by atoms with Crippen LogP contribution in [0, 0.1) is 6.92 Å². The minimum absolute atomic E-state index is 0.0472. The number of ether oxygens (including phenoxy) is 3. The van der Waals surface area contributed by atoms with Gasteiger partial charge in [-0.25, -0.2) is 19.1 Å². The average molecular weight is 437 g/mol. The second-order valence-electron chi connectivity index (χ2n) is 6.77. The summed E-state index contributed by atoms with van der Waals surface area (Å²) in [6.07, 6.45) is -0.306. The molecule has 13 nitrogen and oxygen atoms in total. The van der Waals surface area contributed by atoms with Gasteiger partial charge < -0.3 is 19.3 Å². The van der Waals surface area contributed by atoms with E-state index in [1.54, 1.807) is 13.8 Å². The minimum Gasteiger partial charge on any atom is -0.461 e. The molecular formula is C18H23N5O8. The molecule has 0 spiro atoms. The Morgan fingerprint density at radius 3 is 2.58 bits per heavy atom. The number of aryl methyl sites for hydroxylation is 1. The molecule has 0 radical (unpaired) electrons. The van der Waals surface area contributed by atoms with Gasteiger partial charge in [-0.15, -0.1) is 5.10 Å². The highest BCUT2D eigenvalue weighted by atomic mass is 16.5. The van der Waals surface area contributed by atoms with Gasteiger partial charge in [-0.1, -0.05) is 5.21 Å². The summed E-state index contributed by atoms with van der Waals surface area (Å²) in [4.78, 5) is 50.9. The highest BCUT2D eigenvalue weighted by Crippen LogP contribution is 2.36. The largest absolute Gasteiger partial charge is 0.461 e. The number of aliphatic hydroxyl groups excluding tert-OH is 1. The fourth-order valence-corrected chi connectivity index (χ4v) is 3.36. The van der Waals surface area contributed by atoms with Crippen LogP contribution in [-0.2, 0) is 14.2 Å². The number of rotatable bonds is 7. The predicted molar refractivity (Wildman–Crippen MR) is 103 cm³/mol. The lowest BCUT2D eigenvalue weighted by Crippen LogP contribution is -2.33. The zero-order valence-corrected chi connectivity index (χ0v) is 17.2. The number of carbonyl (C=O) groups is 2. The molecule has 1 aliphatic heterocycles. The van der Waals surface area contributed by atoms with E-state index in [2.05, 4.69) is 15.3 Å². The first kappa shape index (κ1) is 22.4. The monoisotopic (exact) mass is 437 g/mol. The molecule has 2 aromatic rings. The van der Waals surface area contributed by atoms with Crippen LogP contribution >= 0.6 is 0 Å². The van der Waals surface area contributed by atoms with Crippen molar-refractivity contribution >= 4 is 11.9 Å². The van der Waals surface area contributed by atoms with Crippen LogP contribution in [0.1, 0.15) is 59.1 Å². The zero-order valence-electron chi connectivity index (χ0n) is 17.2. The Labute approximate surface area is 175 Å². The van der Waals surface area contributed by atoms with Gasteiger partial charge in [0.25, 0.3) is 5.56 Å². The van der Waals surface area contributed by atoms with E-state index in [0.717, 1.165) is 4.68 Å². The summed E-state index contributed by atoms with van der Waals surface area (Å²) in [6.45, 7) is 4.39. The van der Waals surface area contributed by atoms with Crippen LogP contribution < -0.4 is 11.2 Å². The number of nitrogens with zero attached hydrogens (tertiary/aromatic N) is 4. The first-order chi connectivity index (χ1) is 14.8. The SMILES string of the molecule is CCOC(=O)c1nnn(C2CC(n3cc(C)c(=O)[nH]c3=O)OC2CO)c1C(=O)OCC. The first-order valence-corrected chi connectivity index (χ1v) is 9.70. The van der Waals surface area contributed by atoms with E-state index in [0.29, 0.717) is 5.56 Å². The number of H-pyrrole nitrogens is 1. The zero-order chi connectivity index (χ0) is 22.7. The molecule has 2 N–H and O–H groups in total. The van der Waals surface area contributed by atoms with Crippen molar-refractivity contribution in [3.05, 3.63) is 44.0 Å². The van der Waals surface area contributed by atoms with Crippen LogP contribution in [0.3, 0.4) is 0 Å². The molecule has 13 heteroatoms. The smallest absolute Gasteiger partial charge is 0.361 e. The van der Waals surface area contributed by atoms with Gasteiger partial charge in [0.1, 0.15) is 12.3 Å². The summed E-state index contributed by atoms with van der Waals surface area (Å²) < 4.78 is 18.1. The Hall–Kier alpha value is -3.32. The number of hydrogen-bond acceptors (Lipinski definition) is 10. The lowest BCUT2D eigenvalue weighted by atomic mass is 10.1. The van der Waals surface area contributed by atoms with Crippen LogP contribution in [0.2, 0.25) is 0 Å². The third kappa shape index (κ3) is 4.27. The van der Waals surface area contributed by atoms with E-state index in [1.807, 2.05) is 0 Å². The number of aromatic nitrogens is 5. The average Bonchev–Trinajstić information content (AvgIpc) is 3.35. The van der Waals surface area contributed by atoms with Crippen molar-refractivity contribution in [2.45, 2.75) is 45.6 Å². The second-order valence-corrected chi connectivity index (χ2v) is 6.77. The van der Waals surface area contributed by atoms with Gasteiger partial charge in [0.05, 0.1) is 25.9 Å². The Kier molecular flexibility index (Phi) is 6.65. The quantitative estimate of drug-likeness (QED) is 0.529. The maximum atomic E-state index is 12.6. The Morgan fingerprint density at radius 1 is 1.26 bits per heavy atom. The lowest BCUT2D eigenvalue weighted by molar-refractivity contribution is -0.0326. The fraction of sp³-hybridized carbons (Fsp3) is 0.556. The summed E-state index contributed by atoms with van der Waals surface area (Å²) in [5, 5.41) is 17.5. The van der Waals surface area contributed by atoms with Crippen molar-refractivity contribution < 1.29 is 28.9 Å². The summed E-state index contributed by atoms with van der Waals surface area (Å²) >= 11 is 0. The summed E-state index contributed by atoms with van der Waals surface area (Å²) in [5.41, 5.74) is -1.47. The van der Waals surface area contributed by atoms with E-state index < -0.39 is 48.2 Å². The molecule has 1 aliphatic rings. The van der Waals surface area contributed by atoms with Crippen LogP contribution in [-0.4, -0.2) is 67.5 Å². The van der Waals surface area contributed by atoms with E-state index in [-0.39, 0.29) is 31.0 Å². The number of nitrogens with one attached hydrogen (secondary N) is 1. The van der Waals surface area contributed by atoms with E-state index in [9.17, 15) is 24.3 Å². The molecule has 3 atom stereocenters. The number of aliphatic hydroxyl groups is 1. The molecule has 168 valence electrons. The highest BCUT2D eigenvalue weighted by Gasteiger charge is 2.42. The first-order valence-electron chi connectivity index (χ1n) is 9.70. The number of carbonyl (C=O) groups excluding carboxylic acids is 2. The Balaban J connectivity index is 2.02. The van der Waals surface area contributed by atoms with Gasteiger partial charge in [0.15, 0.2) is 5.69 Å². The van der Waals surface area contributed by atoms with Gasteiger partial charge >= 0.3 is 17.6 Å². The Bertz CT molecular complexity index is 1090. The third-order valence-corrected chi connectivity index (χ3v) is 4.79. The maximum Gasteiger partial charge on any atom is 0.361 e. The number of esters is 2. The standard InChI is InChI=1S/C18H23N5O8/c1-4-29-16(26)13-14(17(27)30-5-2)23(21-20-13)10-6-12(31-11(10)8-24)22-7-9(3)15(25)19-18(22)28/h7,10-12,24H,4-6,8H2,1-3H3,(H,19,25,28). The van der Waals surface area contributed by atoms with Crippen molar-refractivity contribution in [2.75, 3.05) is 19.8 Å². The second kappa shape index (κ2) is 9.22. The van der Waals surface area contributed by atoms with Crippen molar-refractivity contribution in [3.63, 3.8) is 0 Å². The normalized spacial score (nSPS) is 20.6. The molecule has 2 aromatic heterocycles. The highest BCUT2D eigenvalue weighted by molar-refractivity contribution is 6.00. The molecule has 1 fully saturated rings. The fourth-order valence-electron chi connectivity index (χ4n) is 3.36. The van der Waals surface area contributed by atoms with Crippen molar-refractivity contribution in [1.29, 1.82) is 0 Å². The van der Waals surface area contributed by atoms with Gasteiger partial charge in [-0.05, 0) is 20.8 Å². The van der Waals surface area contributed by atoms with E-state index in [4.69, 9.17) is 14.2 Å². The van der Waals surface area contributed by atoms with E-state index >= 15 is 0 Å². The van der Waals surface area contributed by atoms with Gasteiger partial charge in [0.2, 0.25) is 5.69 Å². The van der Waals surface area contributed by atoms with Gasteiger partial charge in [-0.2, -0.15) is 0 Å². The van der Waals surface area contributed by atoms with Crippen molar-refractivity contribution in [2.24, 2.45) is 0 Å². The molecular weight excluding hydrogens is 414 g/mol. The molecule has 3 unspecified atom stereocenters. The topological polar surface area (TPSA) is 168 Å². The molecule has 0 saturated carbocycles. The molecule has 31 heavy (non-hydrogen) atoms. The summed E-state index contributed by atoms with van der Waals surface area (Å²) in [6, 6.07) is -0.760. The van der Waals surface area contributed by atoms with Crippen LogP contribution in [0.25, 0.3) is 0 Å². The lowest BCUT2D eigenvalue weighted by Gasteiger charge is -2.17. The van der Waals surface area contributed by atoms with Crippen LogP contribution in [0.4, 0.5) is 0 Å². The molecule has 3 rings (SSSR count). The maximum absolute atomic E-state index is 12.6. The van der Waals surface area contributed by atoms with Gasteiger partial charge in [0, 0.05) is 18.2 Å². The molecule has 0 aromatic carbocycles. The number of aromatic amines is 1. The Morgan fingerprint density at radius 2 is 1.94 bits per heavy atom. The summed E-state index contributed by atoms with van der Waals surface area (Å²) in [7, 11) is 0. The minimum atomic E-state index is -0.881. The molecule has 0 bridgehead atoms. The van der Waals surface area contributed by atoms with E-state index in [1.165, 1.54) is 17.7 Å². The van der Waals surface area contributed by atoms with Crippen molar-refractivity contribution in [1.82, 2.24) is 24.5 Å². The van der Waals surface area contributed by atoms with Gasteiger partial charge in [-0.3, -0.25) is 14.3 Å². The predicted octanol–water partition coefficient (Wildman–Crippen LogP) is -0.689. The number of hydrogen-bond donors (Lipinski definition) is 2. The molecule has 0 aliphatic carbocycles. The molecule has 3 heterocycles. The molecule has 1 saturated heterocycles. The van der Waals surface area contributed by atoms with Crippen molar-refractivity contribution in [3.8, 4) is 0 Å². The van der Waals surface area contributed by atoms with Crippen LogP contribution in [0.5, 0.6) is 0 Å².